The molecule has 5 N–H and O–H groups in total. The van der Waals surface area contributed by atoms with Crippen LogP contribution in [0.4, 0.5) is 0 Å². The van der Waals surface area contributed by atoms with Gasteiger partial charge in [0.25, 0.3) is 0 Å². The molecular formula is C12H15NO8. The Hall–Kier alpha value is -2.26. The summed E-state index contributed by atoms with van der Waals surface area (Å²) in [5.41, 5.74) is 0. The van der Waals surface area contributed by atoms with Crippen LogP contribution in [0.2, 0.25) is 0 Å². The Bertz CT molecular complexity index is 444. The van der Waals surface area contributed by atoms with Gasteiger partial charge in [-0.3, -0.25) is 14.9 Å². The number of aliphatic carboxylic acids is 2. The summed E-state index contributed by atoms with van der Waals surface area (Å²) in [6.07, 6.45) is 0.860. The smallest absolute Gasteiger partial charge is 0.335 e. The van der Waals surface area contributed by atoms with Crippen molar-refractivity contribution in [3.05, 3.63) is 12.2 Å². The average molecular weight is 301 g/mol. The number of hydrogen-bond acceptors (Lipinski definition) is 6. The Morgan fingerprint density at radius 1 is 0.952 bits per heavy atom. The van der Waals surface area contributed by atoms with E-state index in [9.17, 15) is 19.2 Å². The van der Waals surface area contributed by atoms with Crippen LogP contribution < -0.4 is 5.32 Å². The topological polar surface area (TPSA) is 161 Å². The molecule has 21 heavy (non-hydrogen) atoms. The SMILES string of the molecule is O=C(O)C(O)C(O)C(=O)O.O=C1NC(=O)C2CC=CCC12. The molecule has 0 spiro atoms. The molecule has 9 heteroatoms. The highest BCUT2D eigenvalue weighted by Crippen LogP contribution is 2.29. The van der Waals surface area contributed by atoms with Gasteiger partial charge in [-0.2, -0.15) is 0 Å². The van der Waals surface area contributed by atoms with E-state index in [2.05, 4.69) is 5.32 Å². The van der Waals surface area contributed by atoms with Crippen molar-refractivity contribution in [2.45, 2.75) is 25.0 Å². The number of aliphatic hydroxyl groups excluding tert-OH is 2. The summed E-state index contributed by atoms with van der Waals surface area (Å²) >= 11 is 0. The van der Waals surface area contributed by atoms with Gasteiger partial charge in [0.1, 0.15) is 0 Å². The number of hydrogen-bond donors (Lipinski definition) is 5. The molecule has 1 aliphatic carbocycles. The van der Waals surface area contributed by atoms with Crippen molar-refractivity contribution in [1.29, 1.82) is 0 Å². The molecule has 1 fully saturated rings. The first-order valence-corrected chi connectivity index (χ1v) is 6.07. The van der Waals surface area contributed by atoms with Crippen LogP contribution >= 0.6 is 0 Å². The molecule has 2 rings (SSSR count). The molecule has 1 aliphatic heterocycles. The largest absolute Gasteiger partial charge is 0.479 e. The van der Waals surface area contributed by atoms with Crippen molar-refractivity contribution in [3.8, 4) is 0 Å². The highest BCUT2D eigenvalue weighted by molar-refractivity contribution is 6.05. The number of nitrogens with one attached hydrogen (secondary N) is 1. The number of carboxylic acids is 2. The van der Waals surface area contributed by atoms with E-state index in [1.54, 1.807) is 0 Å². The van der Waals surface area contributed by atoms with E-state index in [0.29, 0.717) is 0 Å². The number of fused-ring (bicyclic) bond motifs is 1. The first-order valence-electron chi connectivity index (χ1n) is 6.07. The van der Waals surface area contributed by atoms with E-state index in [1.807, 2.05) is 12.2 Å². The fourth-order valence-electron chi connectivity index (χ4n) is 1.97. The van der Waals surface area contributed by atoms with Crippen molar-refractivity contribution in [2.24, 2.45) is 11.8 Å². The molecule has 2 amide bonds. The van der Waals surface area contributed by atoms with Crippen LogP contribution in [0, 0.1) is 11.8 Å². The second-order valence-electron chi connectivity index (χ2n) is 4.58. The third-order valence-electron chi connectivity index (χ3n) is 3.16. The summed E-state index contributed by atoms with van der Waals surface area (Å²) in [6.45, 7) is 0. The van der Waals surface area contributed by atoms with Crippen LogP contribution in [-0.2, 0) is 19.2 Å². The minimum Gasteiger partial charge on any atom is -0.479 e. The van der Waals surface area contributed by atoms with Gasteiger partial charge in [-0.25, -0.2) is 9.59 Å². The second kappa shape index (κ2) is 6.95. The Morgan fingerprint density at radius 2 is 1.29 bits per heavy atom. The maximum Gasteiger partial charge on any atom is 0.335 e. The lowest BCUT2D eigenvalue weighted by Crippen LogP contribution is -2.39. The molecule has 1 saturated heterocycles. The lowest BCUT2D eigenvalue weighted by atomic mass is 9.85. The van der Waals surface area contributed by atoms with Crippen molar-refractivity contribution in [1.82, 2.24) is 5.32 Å². The van der Waals surface area contributed by atoms with Crippen molar-refractivity contribution in [3.63, 3.8) is 0 Å². The minimum atomic E-state index is -2.27. The van der Waals surface area contributed by atoms with E-state index in [0.717, 1.165) is 12.8 Å². The number of amides is 2. The molecule has 4 unspecified atom stereocenters. The van der Waals surface area contributed by atoms with Crippen LogP contribution in [0.3, 0.4) is 0 Å². The van der Waals surface area contributed by atoms with Crippen LogP contribution in [0.15, 0.2) is 12.2 Å². The quantitative estimate of drug-likeness (QED) is 0.298. The molecule has 0 aromatic rings. The first kappa shape index (κ1) is 16.8. The second-order valence-corrected chi connectivity index (χ2v) is 4.58. The van der Waals surface area contributed by atoms with E-state index in [1.165, 1.54) is 0 Å². The zero-order valence-corrected chi connectivity index (χ0v) is 10.8. The van der Waals surface area contributed by atoms with Crippen molar-refractivity contribution >= 4 is 23.8 Å². The highest BCUT2D eigenvalue weighted by atomic mass is 16.4. The normalized spacial score (nSPS) is 26.0. The summed E-state index contributed by atoms with van der Waals surface area (Å²) in [4.78, 5) is 41.6. The Morgan fingerprint density at radius 3 is 1.57 bits per heavy atom. The first-order chi connectivity index (χ1) is 9.75. The summed E-state index contributed by atoms with van der Waals surface area (Å²) in [5, 5.41) is 34.9. The van der Waals surface area contributed by atoms with E-state index in [4.69, 9.17) is 20.4 Å². The molecule has 4 atom stereocenters. The zero-order chi connectivity index (χ0) is 16.2. The van der Waals surface area contributed by atoms with E-state index < -0.39 is 24.1 Å². The Labute approximate surface area is 118 Å². The van der Waals surface area contributed by atoms with Crippen molar-refractivity contribution < 1.29 is 39.6 Å². The van der Waals surface area contributed by atoms with Crippen LogP contribution in [0.25, 0.3) is 0 Å². The van der Waals surface area contributed by atoms with Gasteiger partial charge in [0.05, 0.1) is 11.8 Å². The van der Waals surface area contributed by atoms with Gasteiger partial charge < -0.3 is 20.4 Å². The maximum absolute atomic E-state index is 11.1. The number of carboxylic acid groups (broad SMARTS) is 2. The Kier molecular flexibility index (Phi) is 5.56. The monoisotopic (exact) mass is 301 g/mol. The highest BCUT2D eigenvalue weighted by Gasteiger charge is 2.40. The average Bonchev–Trinajstić information content (AvgIpc) is 2.73. The molecule has 0 radical (unpaired) electrons. The van der Waals surface area contributed by atoms with E-state index >= 15 is 0 Å². The van der Waals surface area contributed by atoms with Gasteiger partial charge in [0.2, 0.25) is 11.8 Å². The zero-order valence-electron chi connectivity index (χ0n) is 10.8. The number of allylic oxidation sites excluding steroid dienone is 2. The predicted molar refractivity (Wildman–Crippen MR) is 65.8 cm³/mol. The van der Waals surface area contributed by atoms with Crippen LogP contribution in [-0.4, -0.2) is 56.4 Å². The number of imide groups is 1. The summed E-state index contributed by atoms with van der Waals surface area (Å²) in [7, 11) is 0. The number of rotatable bonds is 3. The molecule has 0 aromatic carbocycles. The fraction of sp³-hybridized carbons (Fsp3) is 0.500. The maximum atomic E-state index is 11.1. The van der Waals surface area contributed by atoms with Crippen molar-refractivity contribution in [2.75, 3.05) is 0 Å². The third-order valence-corrected chi connectivity index (χ3v) is 3.16. The van der Waals surface area contributed by atoms with Crippen LogP contribution in [0.5, 0.6) is 0 Å². The van der Waals surface area contributed by atoms with Gasteiger partial charge >= 0.3 is 11.9 Å². The van der Waals surface area contributed by atoms with Gasteiger partial charge in [-0.1, -0.05) is 12.2 Å². The molecule has 0 bridgehead atoms. The van der Waals surface area contributed by atoms with Gasteiger partial charge in [-0.05, 0) is 12.8 Å². The number of carbonyl (C=O) groups is 4. The predicted octanol–water partition coefficient (Wildman–Crippen LogP) is -1.90. The number of aliphatic hydroxyl groups is 2. The molecule has 9 nitrogen and oxygen atoms in total. The molecular weight excluding hydrogens is 286 g/mol. The molecule has 2 aliphatic rings. The van der Waals surface area contributed by atoms with Gasteiger partial charge in [-0.15, -0.1) is 0 Å². The van der Waals surface area contributed by atoms with Gasteiger partial charge in [0, 0.05) is 0 Å². The molecule has 116 valence electrons. The summed E-state index contributed by atoms with van der Waals surface area (Å²) in [5.74, 6) is -3.88. The third kappa shape index (κ3) is 4.10. The number of carbonyl (C=O) groups excluding carboxylic acids is 2. The lowest BCUT2D eigenvalue weighted by Gasteiger charge is -2.14. The molecule has 1 heterocycles. The summed E-state index contributed by atoms with van der Waals surface area (Å²) < 4.78 is 0. The van der Waals surface area contributed by atoms with Crippen LogP contribution in [0.1, 0.15) is 12.8 Å². The summed E-state index contributed by atoms with van der Waals surface area (Å²) in [6, 6.07) is 0. The fourth-order valence-corrected chi connectivity index (χ4v) is 1.97. The standard InChI is InChI=1S/C8H9NO2.C4H6O6/c10-7-5-3-1-2-4-6(5)8(11)9-7;5-1(3(7)8)2(6)4(9)10/h1-2,5-6H,3-4H2,(H,9,10,11);1-2,5-6H,(H,7,8)(H,9,10). The Balaban J connectivity index is 0.000000212. The lowest BCUT2D eigenvalue weighted by molar-refractivity contribution is -0.165. The minimum absolute atomic E-state index is 0.0764. The van der Waals surface area contributed by atoms with E-state index in [-0.39, 0.29) is 23.7 Å². The van der Waals surface area contributed by atoms with Gasteiger partial charge in [0.15, 0.2) is 12.2 Å². The molecule has 0 saturated carbocycles. The molecule has 0 aromatic heterocycles.